The normalized spacial score (nSPS) is 10.8. The van der Waals surface area contributed by atoms with Crippen molar-refractivity contribution in [3.8, 4) is 11.5 Å². The standard InChI is InChI=1S/C12H16BrNO2/c1-8-7-10(15-2)9(5-4-6-14)11(13)12(8)16-3/h4-5,7H,6,14H2,1-3H3/b5-4+. The van der Waals surface area contributed by atoms with E-state index in [1.165, 1.54) is 0 Å². The van der Waals surface area contributed by atoms with Gasteiger partial charge in [-0.15, -0.1) is 0 Å². The molecule has 0 unspecified atom stereocenters. The Labute approximate surface area is 104 Å². The molecule has 1 aromatic rings. The van der Waals surface area contributed by atoms with E-state index in [4.69, 9.17) is 15.2 Å². The molecule has 2 N–H and O–H groups in total. The van der Waals surface area contributed by atoms with Crippen molar-refractivity contribution in [1.29, 1.82) is 0 Å². The Morgan fingerprint density at radius 1 is 1.38 bits per heavy atom. The summed E-state index contributed by atoms with van der Waals surface area (Å²) in [7, 11) is 3.30. The zero-order valence-electron chi connectivity index (χ0n) is 9.71. The second-order valence-corrected chi connectivity index (χ2v) is 4.09. The summed E-state index contributed by atoms with van der Waals surface area (Å²) in [6.45, 7) is 2.47. The predicted molar refractivity (Wildman–Crippen MR) is 70.1 cm³/mol. The van der Waals surface area contributed by atoms with Crippen LogP contribution in [0.5, 0.6) is 11.5 Å². The van der Waals surface area contributed by atoms with E-state index in [0.717, 1.165) is 27.1 Å². The molecule has 4 heteroatoms. The van der Waals surface area contributed by atoms with Crippen LogP contribution in [-0.4, -0.2) is 20.8 Å². The van der Waals surface area contributed by atoms with Gasteiger partial charge in [0.05, 0.1) is 18.7 Å². The van der Waals surface area contributed by atoms with Crippen molar-refractivity contribution in [2.75, 3.05) is 20.8 Å². The van der Waals surface area contributed by atoms with Gasteiger partial charge in [0.2, 0.25) is 0 Å². The van der Waals surface area contributed by atoms with E-state index >= 15 is 0 Å². The van der Waals surface area contributed by atoms with Crippen molar-refractivity contribution in [3.05, 3.63) is 27.7 Å². The topological polar surface area (TPSA) is 44.5 Å². The predicted octanol–water partition coefficient (Wildman–Crippen LogP) is 2.75. The summed E-state index contributed by atoms with van der Waals surface area (Å²) in [6, 6.07) is 1.94. The smallest absolute Gasteiger partial charge is 0.136 e. The summed E-state index contributed by atoms with van der Waals surface area (Å²) < 4.78 is 11.5. The maximum atomic E-state index is 5.44. The first-order valence-electron chi connectivity index (χ1n) is 4.93. The average Bonchev–Trinajstić information content (AvgIpc) is 2.28. The van der Waals surface area contributed by atoms with E-state index in [9.17, 15) is 0 Å². The third kappa shape index (κ3) is 2.57. The molecule has 88 valence electrons. The van der Waals surface area contributed by atoms with Crippen molar-refractivity contribution in [2.24, 2.45) is 5.73 Å². The van der Waals surface area contributed by atoms with Crippen molar-refractivity contribution in [1.82, 2.24) is 0 Å². The largest absolute Gasteiger partial charge is 0.496 e. The first-order chi connectivity index (χ1) is 7.65. The van der Waals surface area contributed by atoms with Crippen molar-refractivity contribution in [2.45, 2.75) is 6.92 Å². The summed E-state index contributed by atoms with van der Waals surface area (Å²) in [5.74, 6) is 1.62. The van der Waals surface area contributed by atoms with Crippen LogP contribution in [0, 0.1) is 6.92 Å². The van der Waals surface area contributed by atoms with Gasteiger partial charge in [0.15, 0.2) is 0 Å². The van der Waals surface area contributed by atoms with Crippen LogP contribution in [0.2, 0.25) is 0 Å². The Kier molecular flexibility index (Phi) is 4.83. The average molecular weight is 286 g/mol. The molecule has 0 spiro atoms. The minimum absolute atomic E-state index is 0.492. The van der Waals surface area contributed by atoms with Gasteiger partial charge in [-0.2, -0.15) is 0 Å². The van der Waals surface area contributed by atoms with Gasteiger partial charge in [0, 0.05) is 12.1 Å². The Balaban J connectivity index is 3.37. The number of benzene rings is 1. The number of aryl methyl sites for hydroxylation is 1. The molecule has 0 saturated heterocycles. The van der Waals surface area contributed by atoms with Crippen molar-refractivity contribution >= 4 is 22.0 Å². The van der Waals surface area contributed by atoms with Crippen LogP contribution in [-0.2, 0) is 0 Å². The summed E-state index contributed by atoms with van der Waals surface area (Å²) in [6.07, 6.45) is 3.79. The number of hydrogen-bond acceptors (Lipinski definition) is 3. The van der Waals surface area contributed by atoms with E-state index in [1.54, 1.807) is 14.2 Å². The van der Waals surface area contributed by atoms with Crippen LogP contribution >= 0.6 is 15.9 Å². The Morgan fingerprint density at radius 3 is 2.56 bits per heavy atom. The minimum atomic E-state index is 0.492. The molecule has 0 heterocycles. The zero-order valence-corrected chi connectivity index (χ0v) is 11.3. The van der Waals surface area contributed by atoms with Crippen LogP contribution in [0.15, 0.2) is 16.6 Å². The quantitative estimate of drug-likeness (QED) is 0.925. The maximum absolute atomic E-state index is 5.44. The highest BCUT2D eigenvalue weighted by atomic mass is 79.9. The third-order valence-corrected chi connectivity index (χ3v) is 3.04. The third-order valence-electron chi connectivity index (χ3n) is 2.25. The van der Waals surface area contributed by atoms with E-state index in [-0.39, 0.29) is 0 Å². The van der Waals surface area contributed by atoms with Crippen LogP contribution in [0.25, 0.3) is 6.08 Å². The fourth-order valence-electron chi connectivity index (χ4n) is 1.50. The van der Waals surface area contributed by atoms with Gasteiger partial charge < -0.3 is 15.2 Å². The summed E-state index contributed by atoms with van der Waals surface area (Å²) >= 11 is 3.52. The molecule has 1 aromatic carbocycles. The molecule has 0 aliphatic heterocycles. The molecule has 16 heavy (non-hydrogen) atoms. The minimum Gasteiger partial charge on any atom is -0.496 e. The molecule has 0 atom stereocenters. The highest BCUT2D eigenvalue weighted by Gasteiger charge is 2.13. The zero-order chi connectivity index (χ0) is 12.1. The van der Waals surface area contributed by atoms with Crippen molar-refractivity contribution < 1.29 is 9.47 Å². The monoisotopic (exact) mass is 285 g/mol. The van der Waals surface area contributed by atoms with Crippen LogP contribution < -0.4 is 15.2 Å². The number of nitrogens with two attached hydrogens (primary N) is 1. The van der Waals surface area contributed by atoms with Crippen molar-refractivity contribution in [3.63, 3.8) is 0 Å². The van der Waals surface area contributed by atoms with Gasteiger partial charge in [-0.3, -0.25) is 0 Å². The molecule has 0 radical (unpaired) electrons. The lowest BCUT2D eigenvalue weighted by Gasteiger charge is -2.13. The number of hydrogen-bond donors (Lipinski definition) is 1. The summed E-state index contributed by atoms with van der Waals surface area (Å²) in [5.41, 5.74) is 7.41. The van der Waals surface area contributed by atoms with Gasteiger partial charge in [0.25, 0.3) is 0 Å². The second kappa shape index (κ2) is 5.92. The number of ether oxygens (including phenoxy) is 2. The molecule has 0 aromatic heterocycles. The lowest BCUT2D eigenvalue weighted by molar-refractivity contribution is 0.397. The first kappa shape index (κ1) is 13.1. The number of methoxy groups -OCH3 is 2. The highest BCUT2D eigenvalue weighted by molar-refractivity contribution is 9.10. The van der Waals surface area contributed by atoms with Crippen LogP contribution in [0.4, 0.5) is 0 Å². The fourth-order valence-corrected chi connectivity index (χ4v) is 2.31. The molecule has 1 rings (SSSR count). The summed E-state index contributed by atoms with van der Waals surface area (Å²) in [5, 5.41) is 0. The first-order valence-corrected chi connectivity index (χ1v) is 5.72. The van der Waals surface area contributed by atoms with Crippen LogP contribution in [0.1, 0.15) is 11.1 Å². The Morgan fingerprint density at radius 2 is 2.06 bits per heavy atom. The molecule has 0 amide bonds. The van der Waals surface area contributed by atoms with E-state index in [1.807, 2.05) is 25.1 Å². The fraction of sp³-hybridized carbons (Fsp3) is 0.333. The maximum Gasteiger partial charge on any atom is 0.136 e. The van der Waals surface area contributed by atoms with E-state index in [2.05, 4.69) is 15.9 Å². The van der Waals surface area contributed by atoms with Gasteiger partial charge in [0.1, 0.15) is 11.5 Å². The van der Waals surface area contributed by atoms with E-state index < -0.39 is 0 Å². The molecule has 0 saturated carbocycles. The Bertz CT molecular complexity index is 402. The highest BCUT2D eigenvalue weighted by Crippen LogP contribution is 2.38. The molecule has 0 fully saturated rings. The number of halogens is 1. The van der Waals surface area contributed by atoms with Gasteiger partial charge >= 0.3 is 0 Å². The SMILES string of the molecule is COc1cc(C)c(OC)c(Br)c1/C=C/CN. The van der Waals surface area contributed by atoms with Gasteiger partial charge in [-0.1, -0.05) is 12.2 Å². The summed E-state index contributed by atoms with van der Waals surface area (Å²) in [4.78, 5) is 0. The molecule has 3 nitrogen and oxygen atoms in total. The second-order valence-electron chi connectivity index (χ2n) is 3.29. The molecular weight excluding hydrogens is 270 g/mol. The lowest BCUT2D eigenvalue weighted by atomic mass is 10.1. The molecular formula is C12H16BrNO2. The lowest BCUT2D eigenvalue weighted by Crippen LogP contribution is -1.96. The molecule has 0 aliphatic rings. The van der Waals surface area contributed by atoms with E-state index in [0.29, 0.717) is 6.54 Å². The Hall–Kier alpha value is -1.00. The van der Waals surface area contributed by atoms with Crippen LogP contribution in [0.3, 0.4) is 0 Å². The molecule has 0 aliphatic carbocycles. The molecule has 0 bridgehead atoms. The van der Waals surface area contributed by atoms with Gasteiger partial charge in [-0.25, -0.2) is 0 Å². The number of rotatable bonds is 4. The van der Waals surface area contributed by atoms with Gasteiger partial charge in [-0.05, 0) is 34.5 Å².